The van der Waals surface area contributed by atoms with E-state index in [1.54, 1.807) is 6.07 Å². The van der Waals surface area contributed by atoms with E-state index in [-0.39, 0.29) is 0 Å². The van der Waals surface area contributed by atoms with E-state index in [9.17, 15) is 13.2 Å². The van der Waals surface area contributed by atoms with Crippen molar-refractivity contribution in [2.75, 3.05) is 0 Å². The number of nitrogens with zero attached hydrogens (tertiary/aromatic N) is 5. The Labute approximate surface area is 342 Å². The van der Waals surface area contributed by atoms with Gasteiger partial charge in [-0.3, -0.25) is 0 Å². The fourth-order valence-electron chi connectivity index (χ4n) is 8.48. The largest absolute Gasteiger partial charge is 0.416 e. The average molecular weight is 784 g/mol. The fraction of sp³-hybridized carbons (Fsp3) is 0.0192. The van der Waals surface area contributed by atoms with Crippen LogP contribution in [0.15, 0.2) is 194 Å². The quantitative estimate of drug-likeness (QED) is 0.169. The summed E-state index contributed by atoms with van der Waals surface area (Å²) in [7, 11) is 0. The van der Waals surface area contributed by atoms with Gasteiger partial charge in [0.15, 0.2) is 17.5 Å². The Morgan fingerprint density at radius 3 is 1.35 bits per heavy atom. The highest BCUT2D eigenvalue weighted by molar-refractivity contribution is 6.12. The summed E-state index contributed by atoms with van der Waals surface area (Å²) in [5.74, 6) is 1.26. The van der Waals surface area contributed by atoms with Crippen LogP contribution in [0.3, 0.4) is 0 Å². The third-order valence-corrected chi connectivity index (χ3v) is 11.2. The second-order valence-corrected chi connectivity index (χ2v) is 14.8. The topological polar surface area (TPSA) is 48.5 Å². The lowest BCUT2D eigenvalue weighted by molar-refractivity contribution is -0.137. The molecule has 3 aromatic heterocycles. The number of rotatable bonds is 6. The molecule has 286 valence electrons. The Bertz CT molecular complexity index is 3310. The summed E-state index contributed by atoms with van der Waals surface area (Å²) in [6, 6.07) is 62.2. The highest BCUT2D eigenvalue weighted by Gasteiger charge is 2.31. The molecule has 11 rings (SSSR count). The molecule has 0 saturated carbocycles. The summed E-state index contributed by atoms with van der Waals surface area (Å²) < 4.78 is 47.4. The van der Waals surface area contributed by atoms with Gasteiger partial charge in [0, 0.05) is 49.6 Å². The first-order valence-electron chi connectivity index (χ1n) is 19.6. The molecular formula is C52H32F3N5. The van der Waals surface area contributed by atoms with E-state index in [4.69, 9.17) is 15.0 Å². The number of fused-ring (bicyclic) bond motifs is 6. The van der Waals surface area contributed by atoms with E-state index in [0.29, 0.717) is 34.2 Å². The van der Waals surface area contributed by atoms with Gasteiger partial charge in [0.05, 0.1) is 27.6 Å². The monoisotopic (exact) mass is 783 g/mol. The standard InChI is InChI=1S/C52H32F3N5/c53-52(54,55)36-19-13-18-35(30-36)43-31-37(26-28-42(43)51-57-49(33-14-3-1-4-15-33)56-50(58-51)34-16-5-2-6-17-34)60-47-25-12-9-22-41(47)44-32-38(27-29-48(44)60)59-45-23-10-7-20-39(45)40-21-8-11-24-46(40)59/h1-32H. The van der Waals surface area contributed by atoms with Gasteiger partial charge in [0.25, 0.3) is 0 Å². The minimum Gasteiger partial charge on any atom is -0.309 e. The zero-order valence-electron chi connectivity index (χ0n) is 31.8. The van der Waals surface area contributed by atoms with Gasteiger partial charge in [-0.1, -0.05) is 127 Å². The Hall–Kier alpha value is -7.84. The molecule has 0 aliphatic rings. The lowest BCUT2D eigenvalue weighted by Crippen LogP contribution is -2.05. The molecule has 8 aromatic carbocycles. The van der Waals surface area contributed by atoms with Gasteiger partial charge in [-0.15, -0.1) is 0 Å². The zero-order chi connectivity index (χ0) is 40.4. The number of alkyl halides is 3. The van der Waals surface area contributed by atoms with Crippen molar-refractivity contribution in [3.63, 3.8) is 0 Å². The van der Waals surface area contributed by atoms with E-state index in [2.05, 4.69) is 88.0 Å². The summed E-state index contributed by atoms with van der Waals surface area (Å²) in [5, 5.41) is 4.47. The van der Waals surface area contributed by atoms with Crippen LogP contribution in [0.5, 0.6) is 0 Å². The number of hydrogen-bond acceptors (Lipinski definition) is 3. The van der Waals surface area contributed by atoms with Crippen molar-refractivity contribution in [1.82, 2.24) is 24.1 Å². The van der Waals surface area contributed by atoms with Crippen LogP contribution in [0, 0.1) is 0 Å². The lowest BCUT2D eigenvalue weighted by atomic mass is 9.96. The molecular weight excluding hydrogens is 752 g/mol. The third-order valence-electron chi connectivity index (χ3n) is 11.2. The molecule has 11 aromatic rings. The maximum absolute atomic E-state index is 14.3. The number of aromatic nitrogens is 5. The molecule has 0 saturated heterocycles. The smallest absolute Gasteiger partial charge is 0.309 e. The van der Waals surface area contributed by atoms with Gasteiger partial charge < -0.3 is 9.13 Å². The number of benzene rings is 8. The molecule has 0 radical (unpaired) electrons. The van der Waals surface area contributed by atoms with Crippen molar-refractivity contribution >= 4 is 43.6 Å². The van der Waals surface area contributed by atoms with Crippen LogP contribution in [0.25, 0.3) is 100 Å². The van der Waals surface area contributed by atoms with Crippen LogP contribution in [0.1, 0.15) is 5.56 Å². The second-order valence-electron chi connectivity index (χ2n) is 14.8. The van der Waals surface area contributed by atoms with Gasteiger partial charge in [0.1, 0.15) is 0 Å². The maximum Gasteiger partial charge on any atom is 0.416 e. The minimum atomic E-state index is -4.54. The van der Waals surface area contributed by atoms with Gasteiger partial charge in [-0.2, -0.15) is 13.2 Å². The molecule has 0 unspecified atom stereocenters. The Morgan fingerprint density at radius 2 is 0.783 bits per heavy atom. The number of para-hydroxylation sites is 3. The lowest BCUT2D eigenvalue weighted by Gasteiger charge is -2.16. The van der Waals surface area contributed by atoms with Gasteiger partial charge in [-0.05, 0) is 77.9 Å². The van der Waals surface area contributed by atoms with Crippen molar-refractivity contribution in [2.24, 2.45) is 0 Å². The summed E-state index contributed by atoms with van der Waals surface area (Å²) >= 11 is 0. The van der Waals surface area contributed by atoms with E-state index in [1.807, 2.05) is 91.0 Å². The van der Waals surface area contributed by atoms with E-state index in [1.165, 1.54) is 22.9 Å². The van der Waals surface area contributed by atoms with Crippen molar-refractivity contribution in [3.05, 3.63) is 200 Å². The van der Waals surface area contributed by atoms with Crippen LogP contribution in [0.2, 0.25) is 0 Å². The summed E-state index contributed by atoms with van der Waals surface area (Å²) in [6.07, 6.45) is -4.54. The molecule has 0 N–H and O–H groups in total. The molecule has 0 bridgehead atoms. The van der Waals surface area contributed by atoms with Crippen molar-refractivity contribution < 1.29 is 13.2 Å². The first-order valence-corrected chi connectivity index (χ1v) is 19.6. The van der Waals surface area contributed by atoms with E-state index < -0.39 is 11.7 Å². The maximum atomic E-state index is 14.3. The van der Waals surface area contributed by atoms with Gasteiger partial charge in [0.2, 0.25) is 0 Å². The van der Waals surface area contributed by atoms with Gasteiger partial charge in [-0.25, -0.2) is 15.0 Å². The normalized spacial score (nSPS) is 11.9. The molecule has 5 nitrogen and oxygen atoms in total. The van der Waals surface area contributed by atoms with Crippen LogP contribution in [-0.4, -0.2) is 24.1 Å². The Balaban J connectivity index is 1.15. The van der Waals surface area contributed by atoms with Crippen molar-refractivity contribution in [2.45, 2.75) is 6.18 Å². The van der Waals surface area contributed by atoms with Crippen molar-refractivity contribution in [3.8, 4) is 56.7 Å². The highest BCUT2D eigenvalue weighted by atomic mass is 19.4. The van der Waals surface area contributed by atoms with Crippen LogP contribution in [-0.2, 0) is 6.18 Å². The molecule has 0 amide bonds. The van der Waals surface area contributed by atoms with Crippen LogP contribution < -0.4 is 0 Å². The Kier molecular flexibility index (Phi) is 8.20. The third kappa shape index (κ3) is 5.91. The van der Waals surface area contributed by atoms with E-state index in [0.717, 1.165) is 61.4 Å². The molecule has 0 aliphatic carbocycles. The van der Waals surface area contributed by atoms with Crippen LogP contribution in [0.4, 0.5) is 13.2 Å². The molecule has 0 spiro atoms. The predicted octanol–water partition coefficient (Wildman–Crippen LogP) is 13.8. The van der Waals surface area contributed by atoms with Gasteiger partial charge >= 0.3 is 6.18 Å². The molecule has 8 heteroatoms. The van der Waals surface area contributed by atoms with Crippen molar-refractivity contribution in [1.29, 1.82) is 0 Å². The fourth-order valence-corrected chi connectivity index (χ4v) is 8.48. The second kappa shape index (κ2) is 13.9. The molecule has 0 atom stereocenters. The number of hydrogen-bond donors (Lipinski definition) is 0. The zero-order valence-corrected chi connectivity index (χ0v) is 31.8. The predicted molar refractivity (Wildman–Crippen MR) is 235 cm³/mol. The first-order chi connectivity index (χ1) is 29.4. The summed E-state index contributed by atoms with van der Waals surface area (Å²) in [6.45, 7) is 0. The number of halogens is 3. The molecule has 0 aliphatic heterocycles. The first kappa shape index (κ1) is 35.3. The highest BCUT2D eigenvalue weighted by Crippen LogP contribution is 2.41. The molecule has 3 heterocycles. The average Bonchev–Trinajstić information content (AvgIpc) is 3.82. The summed E-state index contributed by atoms with van der Waals surface area (Å²) in [5.41, 5.74) is 8.33. The minimum absolute atomic E-state index is 0.347. The molecule has 0 fully saturated rings. The molecule has 60 heavy (non-hydrogen) atoms. The van der Waals surface area contributed by atoms with E-state index >= 15 is 0 Å². The SMILES string of the molecule is FC(F)(F)c1cccc(-c2cc(-n3c4ccccc4c4cc(-n5c6ccccc6c6ccccc65)ccc43)ccc2-c2nc(-c3ccccc3)nc(-c3ccccc3)n2)c1. The summed E-state index contributed by atoms with van der Waals surface area (Å²) in [4.78, 5) is 14.8. The van der Waals surface area contributed by atoms with Crippen LogP contribution >= 0.6 is 0 Å². The Morgan fingerprint density at radius 1 is 0.333 bits per heavy atom.